The summed E-state index contributed by atoms with van der Waals surface area (Å²) in [7, 11) is 0. The van der Waals surface area contributed by atoms with Gasteiger partial charge in [0.25, 0.3) is 11.8 Å². The van der Waals surface area contributed by atoms with E-state index < -0.39 is 28.5 Å². The lowest BCUT2D eigenvalue weighted by Crippen LogP contribution is -2.68. The number of amides is 1. The Kier molecular flexibility index (Phi) is 6.81. The van der Waals surface area contributed by atoms with E-state index in [2.05, 4.69) is 20.8 Å². The number of fused-ring (bicyclic) bond motifs is 3. The topological polar surface area (TPSA) is 161 Å². The van der Waals surface area contributed by atoms with Crippen LogP contribution in [0, 0.1) is 5.92 Å². The van der Waals surface area contributed by atoms with E-state index in [1.807, 2.05) is 37.3 Å². The van der Waals surface area contributed by atoms with Gasteiger partial charge in [0.05, 0.1) is 11.2 Å². The molecule has 1 saturated carbocycles. The highest BCUT2D eigenvalue weighted by atomic mass is 16.5. The van der Waals surface area contributed by atoms with E-state index in [1.54, 1.807) is 19.9 Å². The summed E-state index contributed by atoms with van der Waals surface area (Å²) in [6.45, 7) is 6.09. The Morgan fingerprint density at radius 1 is 1.10 bits per heavy atom. The molecule has 0 unspecified atom stereocenters. The summed E-state index contributed by atoms with van der Waals surface area (Å²) < 4.78 is 5.51. The number of aliphatic hydroxyl groups is 2. The van der Waals surface area contributed by atoms with Gasteiger partial charge in [-0.05, 0) is 63.6 Å². The van der Waals surface area contributed by atoms with Gasteiger partial charge in [-0.3, -0.25) is 4.79 Å². The van der Waals surface area contributed by atoms with Crippen molar-refractivity contribution in [1.29, 1.82) is 0 Å². The van der Waals surface area contributed by atoms with E-state index >= 15 is 0 Å². The minimum atomic E-state index is -1.54. The summed E-state index contributed by atoms with van der Waals surface area (Å²) in [5.41, 5.74) is -1.68. The first-order chi connectivity index (χ1) is 20.0. The smallest absolute Gasteiger partial charge is 0.252 e. The molecule has 10 heteroatoms. The summed E-state index contributed by atoms with van der Waals surface area (Å²) >= 11 is 0. The number of aromatic hydroxyl groups is 2. The quantitative estimate of drug-likeness (QED) is 0.218. The molecule has 1 amide bonds. The monoisotopic (exact) mass is 574 g/mol. The number of aromatic nitrogens is 2. The molecule has 0 radical (unpaired) electrons. The van der Waals surface area contributed by atoms with E-state index in [0.717, 1.165) is 30.5 Å². The molecular weight excluding hydrogens is 536 g/mol. The van der Waals surface area contributed by atoms with E-state index in [-0.39, 0.29) is 41.6 Å². The van der Waals surface area contributed by atoms with Crippen LogP contribution in [0.5, 0.6) is 11.5 Å². The molecule has 42 heavy (non-hydrogen) atoms. The summed E-state index contributed by atoms with van der Waals surface area (Å²) in [5.74, 6) is -0.155. The Balaban J connectivity index is 1.34. The van der Waals surface area contributed by atoms with Gasteiger partial charge in [0, 0.05) is 35.4 Å². The van der Waals surface area contributed by atoms with Crippen molar-refractivity contribution in [3.8, 4) is 22.9 Å². The zero-order chi connectivity index (χ0) is 29.9. The standard InChI is InChI=1S/C32H38N4O6/c1-4-31-16-23(38)21(28(40)35-30(2,3)29-34-27(36-42-29)19-8-6-5-7-9-19)15-32(31,41)24(33-17-18-10-11-18)14-20-12-13-22(37)26(39)25(20)31/h5-9,12-13,18,24,33,37-39,41H,4,10-11,14-17H2,1-3H3,(H,35,40)/t24-,31-,32-/m1/s1. The van der Waals surface area contributed by atoms with E-state index in [4.69, 9.17) is 4.52 Å². The van der Waals surface area contributed by atoms with Crippen LogP contribution in [0.25, 0.3) is 11.4 Å². The molecule has 1 fully saturated rings. The van der Waals surface area contributed by atoms with Crippen molar-refractivity contribution in [3.05, 3.63) is 70.8 Å². The second kappa shape index (κ2) is 10.1. The Bertz CT molecular complexity index is 1550. The van der Waals surface area contributed by atoms with Gasteiger partial charge in [-0.15, -0.1) is 0 Å². The molecular formula is C32H38N4O6. The molecule has 10 nitrogen and oxygen atoms in total. The molecule has 6 N–H and O–H groups in total. The number of phenols is 2. The van der Waals surface area contributed by atoms with Crippen molar-refractivity contribution in [2.45, 2.75) is 81.9 Å². The fraction of sp³-hybridized carbons (Fsp3) is 0.469. The average Bonchev–Trinajstić information content (AvgIpc) is 3.65. The van der Waals surface area contributed by atoms with Crippen molar-refractivity contribution in [1.82, 2.24) is 20.8 Å². The molecule has 0 spiro atoms. The molecule has 6 rings (SSSR count). The average molecular weight is 575 g/mol. The van der Waals surface area contributed by atoms with Crippen LogP contribution in [0.15, 0.2) is 58.3 Å². The van der Waals surface area contributed by atoms with Gasteiger partial charge >= 0.3 is 0 Å². The Morgan fingerprint density at radius 3 is 2.52 bits per heavy atom. The highest BCUT2D eigenvalue weighted by Gasteiger charge is 2.62. The number of phenolic OH excluding ortho intramolecular Hbond substituents is 2. The molecule has 0 aliphatic heterocycles. The number of nitrogens with zero attached hydrogens (tertiary/aromatic N) is 2. The highest BCUT2D eigenvalue weighted by molar-refractivity contribution is 5.95. The van der Waals surface area contributed by atoms with Gasteiger partial charge in [0.2, 0.25) is 5.82 Å². The molecule has 3 atom stereocenters. The largest absolute Gasteiger partial charge is 0.512 e. The number of carbonyl (C=O) groups excluding carboxylic acids is 1. The number of hydrogen-bond acceptors (Lipinski definition) is 9. The summed E-state index contributed by atoms with van der Waals surface area (Å²) in [4.78, 5) is 18.3. The Hall–Kier alpha value is -3.89. The minimum Gasteiger partial charge on any atom is -0.512 e. The van der Waals surface area contributed by atoms with Gasteiger partial charge in [0.15, 0.2) is 11.5 Å². The van der Waals surface area contributed by atoms with Crippen LogP contribution in [0.3, 0.4) is 0 Å². The highest BCUT2D eigenvalue weighted by Crippen LogP contribution is 2.59. The number of allylic oxidation sites excluding steroid dienone is 1. The third-order valence-electron chi connectivity index (χ3n) is 9.46. The first-order valence-corrected chi connectivity index (χ1v) is 14.6. The van der Waals surface area contributed by atoms with Crippen LogP contribution < -0.4 is 10.6 Å². The Morgan fingerprint density at radius 2 is 1.83 bits per heavy atom. The van der Waals surface area contributed by atoms with Gasteiger partial charge in [0.1, 0.15) is 11.3 Å². The number of rotatable bonds is 8. The third kappa shape index (κ3) is 4.53. The summed E-state index contributed by atoms with van der Waals surface area (Å²) in [5, 5.41) is 56.1. The molecule has 2 aromatic carbocycles. The summed E-state index contributed by atoms with van der Waals surface area (Å²) in [6, 6.07) is 12.1. The van der Waals surface area contributed by atoms with Gasteiger partial charge < -0.3 is 35.6 Å². The SMILES string of the molecule is CC[C@]12CC(O)=C(C(=O)NC(C)(C)c3nc(-c4ccccc4)no3)C[C@@]1(O)[C@H](NCC1CC1)Cc1ccc(O)c(O)c12. The van der Waals surface area contributed by atoms with Crippen LogP contribution >= 0.6 is 0 Å². The van der Waals surface area contributed by atoms with Crippen molar-refractivity contribution in [2.75, 3.05) is 6.54 Å². The number of aliphatic hydroxyl groups excluding tert-OH is 1. The third-order valence-corrected chi connectivity index (χ3v) is 9.46. The first-order valence-electron chi connectivity index (χ1n) is 14.6. The van der Waals surface area contributed by atoms with Crippen molar-refractivity contribution in [3.63, 3.8) is 0 Å². The molecule has 222 valence electrons. The number of nitrogens with one attached hydrogen (secondary N) is 2. The van der Waals surface area contributed by atoms with Crippen molar-refractivity contribution in [2.24, 2.45) is 5.92 Å². The van der Waals surface area contributed by atoms with E-state index in [9.17, 15) is 25.2 Å². The lowest BCUT2D eigenvalue weighted by molar-refractivity contribution is -0.124. The van der Waals surface area contributed by atoms with Crippen LogP contribution in [0.1, 0.15) is 69.9 Å². The second-order valence-electron chi connectivity index (χ2n) is 12.6. The van der Waals surface area contributed by atoms with Gasteiger partial charge in [-0.25, -0.2) is 0 Å². The Labute approximate surface area is 244 Å². The fourth-order valence-electron chi connectivity index (χ4n) is 6.85. The van der Waals surface area contributed by atoms with Gasteiger partial charge in [-0.2, -0.15) is 4.98 Å². The predicted molar refractivity (Wildman–Crippen MR) is 155 cm³/mol. The molecule has 0 saturated heterocycles. The molecule has 3 aromatic rings. The van der Waals surface area contributed by atoms with Gasteiger partial charge in [-0.1, -0.05) is 48.5 Å². The number of carbonyl (C=O) groups is 1. The number of benzene rings is 2. The molecule has 1 heterocycles. The molecule has 1 aromatic heterocycles. The predicted octanol–water partition coefficient (Wildman–Crippen LogP) is 4.11. The van der Waals surface area contributed by atoms with Crippen molar-refractivity contribution < 1.29 is 29.7 Å². The van der Waals surface area contributed by atoms with Crippen molar-refractivity contribution >= 4 is 5.91 Å². The zero-order valence-corrected chi connectivity index (χ0v) is 24.1. The number of hydrogen-bond donors (Lipinski definition) is 6. The van der Waals surface area contributed by atoms with Crippen LogP contribution in [-0.4, -0.2) is 54.7 Å². The van der Waals surface area contributed by atoms with E-state index in [1.165, 1.54) is 6.07 Å². The van der Waals surface area contributed by atoms with E-state index in [0.29, 0.717) is 30.1 Å². The lowest BCUT2D eigenvalue weighted by atomic mass is 9.51. The first kappa shape index (κ1) is 28.2. The lowest BCUT2D eigenvalue weighted by Gasteiger charge is -2.57. The van der Waals surface area contributed by atoms with Crippen LogP contribution in [0.2, 0.25) is 0 Å². The minimum absolute atomic E-state index is 0.0683. The molecule has 3 aliphatic carbocycles. The normalized spacial score (nSPS) is 25.6. The second-order valence-corrected chi connectivity index (χ2v) is 12.6. The molecule has 0 bridgehead atoms. The summed E-state index contributed by atoms with van der Waals surface area (Å²) in [6.07, 6.45) is 2.81. The fourth-order valence-corrected chi connectivity index (χ4v) is 6.85. The maximum atomic E-state index is 13.8. The molecule has 3 aliphatic rings. The maximum Gasteiger partial charge on any atom is 0.252 e. The van der Waals surface area contributed by atoms with Crippen LogP contribution in [0.4, 0.5) is 0 Å². The zero-order valence-electron chi connectivity index (χ0n) is 24.1. The van der Waals surface area contributed by atoms with Crippen LogP contribution in [-0.2, 0) is 22.2 Å². The maximum absolute atomic E-state index is 13.8.